The molecule has 7 nitrogen and oxygen atoms in total. The van der Waals surface area contributed by atoms with Gasteiger partial charge in [0, 0.05) is 44.0 Å². The summed E-state index contributed by atoms with van der Waals surface area (Å²) >= 11 is 11.9. The minimum atomic E-state index is -3.65. The zero-order chi connectivity index (χ0) is 21.2. The van der Waals surface area contributed by atoms with Gasteiger partial charge < -0.3 is 19.1 Å². The molecule has 0 unspecified atom stereocenters. The van der Waals surface area contributed by atoms with E-state index >= 15 is 0 Å². The van der Waals surface area contributed by atoms with Crippen molar-refractivity contribution < 1.29 is 22.6 Å². The molecule has 0 aromatic heterocycles. The molecule has 0 amide bonds. The Hall–Kier alpha value is -1.87. The number of ether oxygens (including phenoxy) is 3. The SMILES string of the molecule is COc1cc(N2CCN(S(=O)(=O)c3ccc(Cl)c(Cl)c3)CC2)cc(OC)c1OC. The molecule has 3 rings (SSSR count). The number of anilines is 1. The highest BCUT2D eigenvalue weighted by Gasteiger charge is 2.29. The normalized spacial score (nSPS) is 15.3. The summed E-state index contributed by atoms with van der Waals surface area (Å²) < 4.78 is 43.5. The molecule has 1 fully saturated rings. The van der Waals surface area contributed by atoms with Gasteiger partial charge in [-0.05, 0) is 18.2 Å². The Bertz CT molecular complexity index is 967. The summed E-state index contributed by atoms with van der Waals surface area (Å²) in [6.45, 7) is 1.69. The second kappa shape index (κ2) is 8.87. The van der Waals surface area contributed by atoms with Crippen molar-refractivity contribution in [1.82, 2.24) is 4.31 Å². The van der Waals surface area contributed by atoms with Gasteiger partial charge in [0.25, 0.3) is 0 Å². The molecule has 158 valence electrons. The number of halogens is 2. The van der Waals surface area contributed by atoms with Crippen LogP contribution in [0.2, 0.25) is 10.0 Å². The van der Waals surface area contributed by atoms with Gasteiger partial charge in [-0.1, -0.05) is 23.2 Å². The Kier molecular flexibility index (Phi) is 6.68. The van der Waals surface area contributed by atoms with Gasteiger partial charge in [-0.3, -0.25) is 0 Å². The van der Waals surface area contributed by atoms with Gasteiger partial charge >= 0.3 is 0 Å². The predicted octanol–water partition coefficient (Wildman–Crippen LogP) is 3.53. The van der Waals surface area contributed by atoms with E-state index in [-0.39, 0.29) is 9.92 Å². The van der Waals surface area contributed by atoms with E-state index in [0.717, 1.165) is 5.69 Å². The van der Waals surface area contributed by atoms with E-state index in [1.54, 1.807) is 21.3 Å². The minimum Gasteiger partial charge on any atom is -0.493 e. The summed E-state index contributed by atoms with van der Waals surface area (Å²) in [5.41, 5.74) is 0.867. The molecule has 0 bridgehead atoms. The lowest BCUT2D eigenvalue weighted by Crippen LogP contribution is -2.48. The molecule has 1 heterocycles. The van der Waals surface area contributed by atoms with Gasteiger partial charge in [-0.2, -0.15) is 4.31 Å². The number of hydrogen-bond donors (Lipinski definition) is 0. The highest BCUT2D eigenvalue weighted by molar-refractivity contribution is 7.89. The number of nitrogens with zero attached hydrogens (tertiary/aromatic N) is 2. The molecule has 2 aromatic rings. The van der Waals surface area contributed by atoms with Gasteiger partial charge in [0.15, 0.2) is 11.5 Å². The minimum absolute atomic E-state index is 0.133. The topological polar surface area (TPSA) is 68.3 Å². The van der Waals surface area contributed by atoms with E-state index in [1.807, 2.05) is 12.1 Å². The van der Waals surface area contributed by atoms with Crippen LogP contribution in [0.25, 0.3) is 0 Å². The molecule has 0 radical (unpaired) electrons. The Morgan fingerprint density at radius 1 is 0.828 bits per heavy atom. The molecule has 29 heavy (non-hydrogen) atoms. The summed E-state index contributed by atoms with van der Waals surface area (Å²) in [6, 6.07) is 8.04. The largest absolute Gasteiger partial charge is 0.493 e. The first-order valence-electron chi connectivity index (χ1n) is 8.82. The lowest BCUT2D eigenvalue weighted by atomic mass is 10.2. The van der Waals surface area contributed by atoms with Crippen LogP contribution in [0.4, 0.5) is 5.69 Å². The van der Waals surface area contributed by atoms with Crippen LogP contribution in [0.5, 0.6) is 17.2 Å². The fourth-order valence-electron chi connectivity index (χ4n) is 3.22. The molecule has 0 saturated carbocycles. The Morgan fingerprint density at radius 3 is 1.90 bits per heavy atom. The quantitative estimate of drug-likeness (QED) is 0.656. The third-order valence-corrected chi connectivity index (χ3v) is 7.42. The lowest BCUT2D eigenvalue weighted by Gasteiger charge is -2.35. The number of hydrogen-bond acceptors (Lipinski definition) is 6. The Labute approximate surface area is 180 Å². The van der Waals surface area contributed by atoms with Crippen molar-refractivity contribution in [3.05, 3.63) is 40.4 Å². The van der Waals surface area contributed by atoms with Crippen molar-refractivity contribution in [3.8, 4) is 17.2 Å². The first kappa shape index (κ1) is 21.8. The second-order valence-corrected chi connectivity index (χ2v) is 9.10. The average molecular weight is 461 g/mol. The van der Waals surface area contributed by atoms with E-state index < -0.39 is 10.0 Å². The highest BCUT2D eigenvalue weighted by atomic mass is 35.5. The Balaban J connectivity index is 1.79. The van der Waals surface area contributed by atoms with E-state index in [4.69, 9.17) is 37.4 Å². The van der Waals surface area contributed by atoms with Crippen molar-refractivity contribution in [2.45, 2.75) is 4.90 Å². The molecule has 1 aliphatic heterocycles. The molecule has 1 saturated heterocycles. The maximum atomic E-state index is 12.9. The van der Waals surface area contributed by atoms with Crippen molar-refractivity contribution >= 4 is 38.9 Å². The monoisotopic (exact) mass is 460 g/mol. The molecule has 0 aliphatic carbocycles. The van der Waals surface area contributed by atoms with Crippen LogP contribution >= 0.6 is 23.2 Å². The number of benzene rings is 2. The molecule has 2 aromatic carbocycles. The average Bonchev–Trinajstić information content (AvgIpc) is 2.74. The summed E-state index contributed by atoms with van der Waals surface area (Å²) in [5.74, 6) is 1.61. The van der Waals surface area contributed by atoms with Crippen molar-refractivity contribution in [2.75, 3.05) is 52.4 Å². The summed E-state index contributed by atoms with van der Waals surface area (Å²) in [7, 11) is 1.02. The molecular weight excluding hydrogens is 439 g/mol. The summed E-state index contributed by atoms with van der Waals surface area (Å²) in [6.07, 6.45) is 0. The van der Waals surface area contributed by atoms with Crippen LogP contribution in [-0.2, 0) is 10.0 Å². The van der Waals surface area contributed by atoms with E-state index in [9.17, 15) is 8.42 Å². The zero-order valence-electron chi connectivity index (χ0n) is 16.3. The lowest BCUT2D eigenvalue weighted by molar-refractivity contribution is 0.324. The molecule has 10 heteroatoms. The van der Waals surface area contributed by atoms with Crippen LogP contribution in [0.1, 0.15) is 0 Å². The van der Waals surface area contributed by atoms with E-state index in [2.05, 4.69) is 4.90 Å². The third-order valence-electron chi connectivity index (χ3n) is 4.78. The van der Waals surface area contributed by atoms with Crippen molar-refractivity contribution in [1.29, 1.82) is 0 Å². The van der Waals surface area contributed by atoms with Crippen LogP contribution < -0.4 is 19.1 Å². The first-order chi connectivity index (χ1) is 13.8. The number of methoxy groups -OCH3 is 3. The number of rotatable bonds is 6. The standard InChI is InChI=1S/C19H22Cl2N2O5S/c1-26-17-10-13(11-18(27-2)19(17)28-3)22-6-8-23(9-7-22)29(24,25)14-4-5-15(20)16(21)12-14/h4-5,10-12H,6-9H2,1-3H3. The Morgan fingerprint density at radius 2 is 1.41 bits per heavy atom. The fourth-order valence-corrected chi connectivity index (χ4v) is 5.03. The highest BCUT2D eigenvalue weighted by Crippen LogP contribution is 2.41. The van der Waals surface area contributed by atoms with Gasteiger partial charge in [-0.15, -0.1) is 0 Å². The van der Waals surface area contributed by atoms with Crippen LogP contribution in [0.3, 0.4) is 0 Å². The zero-order valence-corrected chi connectivity index (χ0v) is 18.6. The molecule has 1 aliphatic rings. The maximum Gasteiger partial charge on any atom is 0.243 e. The van der Waals surface area contributed by atoms with Crippen LogP contribution in [0.15, 0.2) is 35.2 Å². The van der Waals surface area contributed by atoms with Gasteiger partial charge in [0.2, 0.25) is 15.8 Å². The summed E-state index contributed by atoms with van der Waals surface area (Å²) in [5, 5.41) is 0.529. The molecule has 0 atom stereocenters. The van der Waals surface area contributed by atoms with Crippen LogP contribution in [0, 0.1) is 0 Å². The van der Waals surface area contributed by atoms with Gasteiger partial charge in [0.1, 0.15) is 0 Å². The molecule has 0 N–H and O–H groups in total. The third kappa shape index (κ3) is 4.35. The van der Waals surface area contributed by atoms with E-state index in [0.29, 0.717) is 48.5 Å². The van der Waals surface area contributed by atoms with E-state index in [1.165, 1.54) is 22.5 Å². The smallest absolute Gasteiger partial charge is 0.243 e. The second-order valence-electron chi connectivity index (χ2n) is 6.35. The van der Waals surface area contributed by atoms with Gasteiger partial charge in [0.05, 0.1) is 36.3 Å². The summed E-state index contributed by atoms with van der Waals surface area (Å²) in [4.78, 5) is 2.21. The first-order valence-corrected chi connectivity index (χ1v) is 11.0. The number of sulfonamides is 1. The van der Waals surface area contributed by atoms with Crippen LogP contribution in [-0.4, -0.2) is 60.2 Å². The molecular formula is C19H22Cl2N2O5S. The fraction of sp³-hybridized carbons (Fsp3) is 0.368. The predicted molar refractivity (Wildman–Crippen MR) is 114 cm³/mol. The molecule has 0 spiro atoms. The van der Waals surface area contributed by atoms with Gasteiger partial charge in [-0.25, -0.2) is 8.42 Å². The maximum absolute atomic E-state index is 12.9. The number of piperazine rings is 1. The van der Waals surface area contributed by atoms with Crippen molar-refractivity contribution in [3.63, 3.8) is 0 Å². The van der Waals surface area contributed by atoms with Crippen molar-refractivity contribution in [2.24, 2.45) is 0 Å².